The largest absolute Gasteiger partial charge is 0.271 e. The smallest absolute Gasteiger partial charge is 0.269 e. The highest BCUT2D eigenvalue weighted by atomic mass is 35.5. The van der Waals surface area contributed by atoms with Crippen molar-refractivity contribution in [2.24, 2.45) is 5.10 Å². The summed E-state index contributed by atoms with van der Waals surface area (Å²) in [7, 11) is -2.21. The fourth-order valence-electron chi connectivity index (χ4n) is 2.52. The van der Waals surface area contributed by atoms with Gasteiger partial charge in [-0.1, -0.05) is 48.0 Å². The van der Waals surface area contributed by atoms with Crippen LogP contribution in [0.15, 0.2) is 88.9 Å². The van der Waals surface area contributed by atoms with Crippen LogP contribution in [0.4, 0.5) is 5.69 Å². The molecule has 3 aromatic carbocycles. The molecule has 29 heavy (non-hydrogen) atoms. The van der Waals surface area contributed by atoms with Gasteiger partial charge in [-0.25, -0.2) is 13.8 Å². The highest BCUT2D eigenvalue weighted by Gasteiger charge is 2.21. The zero-order valence-electron chi connectivity index (χ0n) is 15.5. The molecule has 0 aliphatic carbocycles. The molecular weight excluding hydrogens is 410 g/mol. The monoisotopic (exact) mass is 427 g/mol. The van der Waals surface area contributed by atoms with Gasteiger partial charge >= 0.3 is 0 Å². The first-order valence-corrected chi connectivity index (χ1v) is 10.4. The summed E-state index contributed by atoms with van der Waals surface area (Å²) in [5.41, 5.74) is 3.88. The van der Waals surface area contributed by atoms with E-state index in [0.29, 0.717) is 21.8 Å². The van der Waals surface area contributed by atoms with Gasteiger partial charge in [-0.05, 0) is 42.5 Å². The van der Waals surface area contributed by atoms with E-state index in [0.717, 1.165) is 0 Å². The van der Waals surface area contributed by atoms with Crippen molar-refractivity contribution < 1.29 is 13.2 Å². The van der Waals surface area contributed by atoms with Crippen LogP contribution in [0.2, 0.25) is 5.02 Å². The first kappa shape index (κ1) is 20.6. The summed E-state index contributed by atoms with van der Waals surface area (Å²) in [6.45, 7) is 0. The standard InChI is InChI=1S/C21H18ClN3O3S/c1-25(29(27,28)19-8-3-2-4-9-19)18-13-11-16(12-14-18)21(26)24-23-15-17-7-5-6-10-20(17)22/h2-15H,1H3,(H,24,26)/b23-15+. The Morgan fingerprint density at radius 3 is 2.24 bits per heavy atom. The van der Waals surface area contributed by atoms with Crippen molar-refractivity contribution in [1.82, 2.24) is 5.43 Å². The van der Waals surface area contributed by atoms with Crippen molar-refractivity contribution in [2.75, 3.05) is 11.4 Å². The van der Waals surface area contributed by atoms with Crippen molar-refractivity contribution in [3.05, 3.63) is 95.0 Å². The maximum atomic E-state index is 12.7. The first-order chi connectivity index (χ1) is 13.9. The molecule has 3 rings (SSSR count). The lowest BCUT2D eigenvalue weighted by Crippen LogP contribution is -2.26. The van der Waals surface area contributed by atoms with Gasteiger partial charge in [0, 0.05) is 23.2 Å². The van der Waals surface area contributed by atoms with Crippen LogP contribution in [0.25, 0.3) is 0 Å². The van der Waals surface area contributed by atoms with Crippen LogP contribution in [0.3, 0.4) is 0 Å². The van der Waals surface area contributed by atoms with Crippen molar-refractivity contribution in [1.29, 1.82) is 0 Å². The molecule has 0 unspecified atom stereocenters. The summed E-state index contributed by atoms with van der Waals surface area (Å²) in [5, 5.41) is 4.43. The van der Waals surface area contributed by atoms with Crippen molar-refractivity contribution >= 4 is 39.4 Å². The van der Waals surface area contributed by atoms with E-state index < -0.39 is 15.9 Å². The van der Waals surface area contributed by atoms with Crippen molar-refractivity contribution in [3.8, 4) is 0 Å². The number of nitrogens with zero attached hydrogens (tertiary/aromatic N) is 2. The Morgan fingerprint density at radius 1 is 0.966 bits per heavy atom. The topological polar surface area (TPSA) is 78.8 Å². The lowest BCUT2D eigenvalue weighted by molar-refractivity contribution is 0.0955. The molecule has 0 aliphatic heterocycles. The predicted octanol–water partition coefficient (Wildman–Crippen LogP) is 3.93. The number of rotatable bonds is 6. The summed E-state index contributed by atoms with van der Waals surface area (Å²) in [6, 6.07) is 21.5. The SMILES string of the molecule is CN(c1ccc(C(=O)N/N=C/c2ccccc2Cl)cc1)S(=O)(=O)c1ccccc1. The highest BCUT2D eigenvalue weighted by Crippen LogP contribution is 2.22. The second-order valence-electron chi connectivity index (χ2n) is 6.05. The van der Waals surface area contributed by atoms with Crippen molar-refractivity contribution in [3.63, 3.8) is 0 Å². The minimum Gasteiger partial charge on any atom is -0.269 e. The number of benzene rings is 3. The van der Waals surface area contributed by atoms with E-state index in [1.807, 2.05) is 6.07 Å². The first-order valence-electron chi connectivity index (χ1n) is 8.61. The van der Waals surface area contributed by atoms with Gasteiger partial charge in [0.2, 0.25) is 0 Å². The number of hydrogen-bond acceptors (Lipinski definition) is 4. The van der Waals surface area contributed by atoms with E-state index in [1.54, 1.807) is 48.5 Å². The summed E-state index contributed by atoms with van der Waals surface area (Å²) in [4.78, 5) is 12.4. The maximum absolute atomic E-state index is 12.7. The Morgan fingerprint density at radius 2 is 1.59 bits per heavy atom. The number of hydrazone groups is 1. The average molecular weight is 428 g/mol. The van der Waals surface area contributed by atoms with Gasteiger partial charge in [0.05, 0.1) is 16.8 Å². The Kier molecular flexibility index (Phi) is 6.31. The van der Waals surface area contributed by atoms with E-state index in [2.05, 4.69) is 10.5 Å². The van der Waals surface area contributed by atoms with Crippen LogP contribution in [0.5, 0.6) is 0 Å². The molecule has 8 heteroatoms. The summed E-state index contributed by atoms with van der Waals surface area (Å²) >= 11 is 6.03. The van der Waals surface area contributed by atoms with E-state index in [9.17, 15) is 13.2 Å². The predicted molar refractivity (Wildman–Crippen MR) is 115 cm³/mol. The van der Waals surface area contributed by atoms with E-state index in [-0.39, 0.29) is 4.90 Å². The molecule has 0 spiro atoms. The second kappa shape index (κ2) is 8.89. The molecule has 0 atom stereocenters. The van der Waals surface area contributed by atoms with Gasteiger partial charge in [-0.3, -0.25) is 9.10 Å². The Balaban J connectivity index is 1.69. The van der Waals surface area contributed by atoms with Gasteiger partial charge in [-0.2, -0.15) is 5.10 Å². The summed E-state index contributed by atoms with van der Waals surface area (Å²) in [5.74, 6) is -0.423. The quantitative estimate of drug-likeness (QED) is 0.478. The lowest BCUT2D eigenvalue weighted by atomic mass is 10.2. The van der Waals surface area contributed by atoms with Crippen LogP contribution in [0.1, 0.15) is 15.9 Å². The Bertz CT molecular complexity index is 1130. The van der Waals surface area contributed by atoms with Gasteiger partial charge < -0.3 is 0 Å². The minimum absolute atomic E-state index is 0.193. The fraction of sp³-hybridized carbons (Fsp3) is 0.0476. The van der Waals surface area contributed by atoms with Gasteiger partial charge in [0.1, 0.15) is 0 Å². The maximum Gasteiger partial charge on any atom is 0.271 e. The van der Waals surface area contributed by atoms with Gasteiger partial charge in [0.15, 0.2) is 0 Å². The Hall–Kier alpha value is -3.16. The molecule has 0 heterocycles. The van der Waals surface area contributed by atoms with Crippen LogP contribution >= 0.6 is 11.6 Å². The third-order valence-corrected chi connectivity index (χ3v) is 6.31. The van der Waals surface area contributed by atoms with Gasteiger partial charge in [-0.15, -0.1) is 0 Å². The summed E-state index contributed by atoms with van der Waals surface area (Å²) in [6.07, 6.45) is 1.45. The molecule has 0 bridgehead atoms. The number of carbonyl (C=O) groups is 1. The van der Waals surface area contributed by atoms with E-state index in [4.69, 9.17) is 11.6 Å². The van der Waals surface area contributed by atoms with E-state index in [1.165, 1.54) is 41.8 Å². The average Bonchev–Trinajstić information content (AvgIpc) is 2.75. The molecule has 0 saturated carbocycles. The molecule has 0 radical (unpaired) electrons. The van der Waals surface area contributed by atoms with E-state index >= 15 is 0 Å². The molecular formula is C21H18ClN3O3S. The van der Waals surface area contributed by atoms with Crippen LogP contribution in [-0.4, -0.2) is 27.6 Å². The zero-order valence-corrected chi connectivity index (χ0v) is 17.1. The fourth-order valence-corrected chi connectivity index (χ4v) is 3.92. The van der Waals surface area contributed by atoms with Gasteiger partial charge in [0.25, 0.3) is 15.9 Å². The number of anilines is 1. The third kappa shape index (κ3) is 4.82. The molecule has 148 valence electrons. The molecule has 0 saturated heterocycles. The van der Waals surface area contributed by atoms with Crippen molar-refractivity contribution in [2.45, 2.75) is 4.90 Å². The number of halogens is 1. The molecule has 3 aromatic rings. The second-order valence-corrected chi connectivity index (χ2v) is 8.43. The normalized spacial score (nSPS) is 11.4. The minimum atomic E-state index is -3.68. The molecule has 0 fully saturated rings. The number of sulfonamides is 1. The number of carbonyl (C=O) groups excluding carboxylic acids is 1. The molecule has 1 amide bonds. The Labute approximate surface area is 174 Å². The summed E-state index contributed by atoms with van der Waals surface area (Å²) < 4.78 is 26.5. The van der Waals surface area contributed by atoms with Crippen LogP contribution in [0, 0.1) is 0 Å². The lowest BCUT2D eigenvalue weighted by Gasteiger charge is -2.19. The zero-order chi connectivity index (χ0) is 20.9. The third-order valence-electron chi connectivity index (χ3n) is 4.17. The van der Waals surface area contributed by atoms with Crippen LogP contribution in [-0.2, 0) is 10.0 Å². The molecule has 1 N–H and O–H groups in total. The highest BCUT2D eigenvalue weighted by molar-refractivity contribution is 7.92. The number of nitrogens with one attached hydrogen (secondary N) is 1. The molecule has 6 nitrogen and oxygen atoms in total. The number of hydrogen-bond donors (Lipinski definition) is 1. The number of amides is 1. The molecule has 0 aromatic heterocycles. The molecule has 0 aliphatic rings. The van der Waals surface area contributed by atoms with Crippen LogP contribution < -0.4 is 9.73 Å².